The normalized spacial score (nSPS) is 19.7. The highest BCUT2D eigenvalue weighted by Gasteiger charge is 2.24. The van der Waals surface area contributed by atoms with Crippen molar-refractivity contribution in [2.45, 2.75) is 45.6 Å². The second kappa shape index (κ2) is 9.12. The summed E-state index contributed by atoms with van der Waals surface area (Å²) in [6.07, 6.45) is 1.71. The number of carbonyl (C=O) groups excluding carboxylic acids is 1. The summed E-state index contributed by atoms with van der Waals surface area (Å²) < 4.78 is 21.9. The third-order valence-corrected chi connectivity index (χ3v) is 5.88. The molecule has 0 unspecified atom stereocenters. The number of ether oxygens (including phenoxy) is 1. The summed E-state index contributed by atoms with van der Waals surface area (Å²) in [5.41, 5.74) is 0.986. The summed E-state index contributed by atoms with van der Waals surface area (Å²) in [4.78, 5) is 27.4. The second-order valence-electron chi connectivity index (χ2n) is 8.46. The van der Waals surface area contributed by atoms with Gasteiger partial charge in [-0.2, -0.15) is 0 Å². The van der Waals surface area contributed by atoms with Crippen molar-refractivity contribution in [2.24, 2.45) is 0 Å². The van der Waals surface area contributed by atoms with Gasteiger partial charge in [0.1, 0.15) is 11.9 Å². The number of hydrogen-bond acceptors (Lipinski definition) is 4. The fraction of sp³-hybridized carbons (Fsp3) is 0.360. The molecule has 0 saturated carbocycles. The van der Waals surface area contributed by atoms with Gasteiger partial charge in [0.25, 0.3) is 5.56 Å². The Kier molecular flexibility index (Phi) is 6.28. The van der Waals surface area contributed by atoms with Crippen molar-refractivity contribution < 1.29 is 13.9 Å². The van der Waals surface area contributed by atoms with Crippen LogP contribution in [0.25, 0.3) is 10.8 Å². The molecule has 1 fully saturated rings. The first-order valence-corrected chi connectivity index (χ1v) is 10.9. The van der Waals surface area contributed by atoms with Gasteiger partial charge in [0.05, 0.1) is 17.9 Å². The maximum atomic E-state index is 14.8. The average molecular weight is 438 g/mol. The molecule has 1 aliphatic rings. The molecule has 0 radical (unpaired) electrons. The van der Waals surface area contributed by atoms with E-state index in [4.69, 9.17) is 4.74 Å². The van der Waals surface area contributed by atoms with Gasteiger partial charge in [0.15, 0.2) is 0 Å². The van der Waals surface area contributed by atoms with Crippen LogP contribution in [-0.2, 0) is 16.1 Å². The maximum absolute atomic E-state index is 14.8. The molecular formula is C25H28FN3O3. The molecule has 168 valence electrons. The van der Waals surface area contributed by atoms with Crippen LogP contribution in [0.3, 0.4) is 0 Å². The quantitative estimate of drug-likeness (QED) is 0.662. The molecule has 4 rings (SSSR count). The Labute approximate surface area is 186 Å². The number of morpholine rings is 1. The molecule has 0 spiro atoms. The standard InChI is InChI=1S/C25H28FN3O3/c1-16-14-28(15-17(2)32-16)23-9-8-19(12-22(23)26)13-27-24(30)18(3)29-11-10-20-6-4-5-7-21(20)25(29)31/h4-12,16-18H,13-15H2,1-3H3,(H,27,30)/t16-,17-,18+/m1/s1. The van der Waals surface area contributed by atoms with Gasteiger partial charge in [-0.25, -0.2) is 4.39 Å². The number of anilines is 1. The van der Waals surface area contributed by atoms with Crippen LogP contribution in [0, 0.1) is 5.82 Å². The Balaban J connectivity index is 1.43. The Hall–Kier alpha value is -3.19. The van der Waals surface area contributed by atoms with E-state index in [1.54, 1.807) is 31.3 Å². The highest BCUT2D eigenvalue weighted by molar-refractivity contribution is 5.83. The van der Waals surface area contributed by atoms with E-state index in [0.29, 0.717) is 29.7 Å². The average Bonchev–Trinajstić information content (AvgIpc) is 2.77. The predicted octanol–water partition coefficient (Wildman–Crippen LogP) is 3.63. The number of carbonyl (C=O) groups is 1. The molecule has 1 aliphatic heterocycles. The van der Waals surface area contributed by atoms with E-state index in [9.17, 15) is 14.0 Å². The highest BCUT2D eigenvalue weighted by atomic mass is 19.1. The van der Waals surface area contributed by atoms with E-state index in [-0.39, 0.29) is 36.0 Å². The fourth-order valence-corrected chi connectivity index (χ4v) is 4.26. The number of amides is 1. The lowest BCUT2D eigenvalue weighted by atomic mass is 10.1. The Morgan fingerprint density at radius 3 is 2.59 bits per heavy atom. The van der Waals surface area contributed by atoms with Gasteiger partial charge in [0.2, 0.25) is 5.91 Å². The maximum Gasteiger partial charge on any atom is 0.259 e. The fourth-order valence-electron chi connectivity index (χ4n) is 4.26. The van der Waals surface area contributed by atoms with Gasteiger partial charge < -0.3 is 19.5 Å². The molecule has 6 nitrogen and oxygen atoms in total. The molecule has 1 amide bonds. The lowest BCUT2D eigenvalue weighted by Crippen LogP contribution is -2.45. The first-order valence-electron chi connectivity index (χ1n) is 10.9. The van der Waals surface area contributed by atoms with Crippen molar-refractivity contribution in [1.82, 2.24) is 9.88 Å². The SMILES string of the molecule is C[C@@H]1CN(c2ccc(CNC(=O)[C@H](C)n3ccc4ccccc4c3=O)cc2F)C[C@@H](C)O1. The third kappa shape index (κ3) is 4.53. The van der Waals surface area contributed by atoms with Crippen LogP contribution in [0.15, 0.2) is 59.5 Å². The van der Waals surface area contributed by atoms with Crippen LogP contribution in [0.4, 0.5) is 10.1 Å². The lowest BCUT2D eigenvalue weighted by molar-refractivity contribution is -0.124. The number of nitrogens with one attached hydrogen (secondary N) is 1. The molecule has 0 bridgehead atoms. The first-order chi connectivity index (χ1) is 15.3. The predicted molar refractivity (Wildman–Crippen MR) is 123 cm³/mol. The first kappa shape index (κ1) is 22.0. The van der Waals surface area contributed by atoms with Crippen LogP contribution in [-0.4, -0.2) is 35.8 Å². The third-order valence-electron chi connectivity index (χ3n) is 5.88. The summed E-state index contributed by atoms with van der Waals surface area (Å²) >= 11 is 0. The molecule has 1 N–H and O–H groups in total. The minimum atomic E-state index is -0.687. The van der Waals surface area contributed by atoms with Crippen LogP contribution in [0.1, 0.15) is 32.4 Å². The minimum Gasteiger partial charge on any atom is -0.372 e. The summed E-state index contributed by atoms with van der Waals surface area (Å²) in [5, 5.41) is 4.22. The Bertz CT molecular complexity index is 1180. The van der Waals surface area contributed by atoms with Crippen molar-refractivity contribution in [3.8, 4) is 0 Å². The lowest BCUT2D eigenvalue weighted by Gasteiger charge is -2.37. The van der Waals surface area contributed by atoms with Crippen LogP contribution >= 0.6 is 0 Å². The molecule has 3 atom stereocenters. The number of nitrogens with zero attached hydrogens (tertiary/aromatic N) is 2. The number of pyridine rings is 1. The number of benzene rings is 2. The van der Waals surface area contributed by atoms with E-state index < -0.39 is 6.04 Å². The van der Waals surface area contributed by atoms with E-state index in [0.717, 1.165) is 5.39 Å². The number of rotatable bonds is 5. The monoisotopic (exact) mass is 437 g/mol. The van der Waals surface area contributed by atoms with E-state index in [1.165, 1.54) is 10.6 Å². The van der Waals surface area contributed by atoms with Gasteiger partial charge in [-0.15, -0.1) is 0 Å². The zero-order chi connectivity index (χ0) is 22.8. The van der Waals surface area contributed by atoms with Gasteiger partial charge in [-0.05, 0) is 56.0 Å². The van der Waals surface area contributed by atoms with Gasteiger partial charge in [-0.3, -0.25) is 9.59 Å². The summed E-state index contributed by atoms with van der Waals surface area (Å²) in [6, 6.07) is 13.4. The van der Waals surface area contributed by atoms with Gasteiger partial charge in [0, 0.05) is 31.2 Å². The molecule has 1 saturated heterocycles. The van der Waals surface area contributed by atoms with E-state index >= 15 is 0 Å². The molecule has 2 heterocycles. The van der Waals surface area contributed by atoms with Crippen LogP contribution in [0.2, 0.25) is 0 Å². The zero-order valence-electron chi connectivity index (χ0n) is 18.5. The van der Waals surface area contributed by atoms with Crippen molar-refractivity contribution in [1.29, 1.82) is 0 Å². The Morgan fingerprint density at radius 1 is 1.16 bits per heavy atom. The highest BCUT2D eigenvalue weighted by Crippen LogP contribution is 2.24. The molecule has 1 aromatic heterocycles. The molecule has 7 heteroatoms. The molecule has 3 aromatic rings. The minimum absolute atomic E-state index is 0.0390. The molecular weight excluding hydrogens is 409 g/mol. The van der Waals surface area contributed by atoms with Crippen molar-refractivity contribution >= 4 is 22.4 Å². The largest absolute Gasteiger partial charge is 0.372 e. The molecule has 0 aliphatic carbocycles. The smallest absolute Gasteiger partial charge is 0.259 e. The second-order valence-corrected chi connectivity index (χ2v) is 8.46. The molecule has 2 aromatic carbocycles. The van der Waals surface area contributed by atoms with Crippen molar-refractivity contribution in [2.75, 3.05) is 18.0 Å². The van der Waals surface area contributed by atoms with Gasteiger partial charge >= 0.3 is 0 Å². The summed E-state index contributed by atoms with van der Waals surface area (Å²) in [7, 11) is 0. The Morgan fingerprint density at radius 2 is 1.88 bits per heavy atom. The number of halogens is 1. The van der Waals surface area contributed by atoms with Crippen molar-refractivity contribution in [3.05, 3.63) is 76.5 Å². The summed E-state index contributed by atoms with van der Waals surface area (Å²) in [5.74, 6) is -0.625. The zero-order valence-corrected chi connectivity index (χ0v) is 18.5. The topological polar surface area (TPSA) is 63.6 Å². The van der Waals surface area contributed by atoms with Crippen LogP contribution in [0.5, 0.6) is 0 Å². The van der Waals surface area contributed by atoms with Crippen molar-refractivity contribution in [3.63, 3.8) is 0 Å². The summed E-state index contributed by atoms with van der Waals surface area (Å²) in [6.45, 7) is 7.08. The molecule has 32 heavy (non-hydrogen) atoms. The number of fused-ring (bicyclic) bond motifs is 1. The van der Waals surface area contributed by atoms with E-state index in [2.05, 4.69) is 5.32 Å². The number of aromatic nitrogens is 1. The number of hydrogen-bond donors (Lipinski definition) is 1. The van der Waals surface area contributed by atoms with Crippen LogP contribution < -0.4 is 15.8 Å². The van der Waals surface area contributed by atoms with Gasteiger partial charge in [-0.1, -0.05) is 24.3 Å². The van der Waals surface area contributed by atoms with E-state index in [1.807, 2.05) is 43.0 Å².